The Bertz CT molecular complexity index is 2350. The molecule has 4 heterocycles. The molecular formula is C47H63N9O5S. The van der Waals surface area contributed by atoms with E-state index in [4.69, 9.17) is 25.4 Å². The first-order valence-electron chi connectivity index (χ1n) is 22.2. The lowest BCUT2D eigenvalue weighted by Gasteiger charge is -2.69. The fourth-order valence-electron chi connectivity index (χ4n) is 12.3. The Morgan fingerprint density at radius 1 is 1.00 bits per heavy atom. The molecule has 14 nitrogen and oxygen atoms in total. The minimum Gasteiger partial charge on any atom is -0.476 e. The number of hydrogen-bond donors (Lipinski definition) is 5. The summed E-state index contributed by atoms with van der Waals surface area (Å²) in [7, 11) is 0. The number of thiazole rings is 1. The monoisotopic (exact) mass is 865 g/mol. The van der Waals surface area contributed by atoms with E-state index in [0.717, 1.165) is 96.6 Å². The van der Waals surface area contributed by atoms with Gasteiger partial charge in [0.2, 0.25) is 0 Å². The molecule has 0 saturated heterocycles. The number of aromatic nitrogens is 4. The third kappa shape index (κ3) is 8.96. The molecule has 4 saturated carbocycles. The van der Waals surface area contributed by atoms with Crippen LogP contribution < -0.4 is 16.0 Å². The Hall–Kier alpha value is -4.54. The summed E-state index contributed by atoms with van der Waals surface area (Å²) in [5, 5.41) is 42.9. The second-order valence-corrected chi connectivity index (χ2v) is 20.4. The summed E-state index contributed by atoms with van der Waals surface area (Å²) in [6.45, 7) is 15.3. The maximum atomic E-state index is 13.0. The molecule has 2 unspecified atom stereocenters. The molecule has 3 aromatic heterocycles. The number of pyridine rings is 1. The Balaban J connectivity index is 1.00. The van der Waals surface area contributed by atoms with Crippen molar-refractivity contribution < 1.29 is 24.9 Å². The van der Waals surface area contributed by atoms with Crippen molar-refractivity contribution in [3.05, 3.63) is 64.5 Å². The molecule has 2 atom stereocenters. The van der Waals surface area contributed by atoms with E-state index in [1.165, 1.54) is 12.6 Å². The summed E-state index contributed by atoms with van der Waals surface area (Å²) in [6, 6.07) is 9.87. The second kappa shape index (κ2) is 17.6. The number of nitrogens with zero attached hydrogens (tertiary/aromatic N) is 7. The van der Waals surface area contributed by atoms with Crippen LogP contribution in [0.3, 0.4) is 0 Å². The van der Waals surface area contributed by atoms with Crippen molar-refractivity contribution >= 4 is 61.4 Å². The van der Waals surface area contributed by atoms with Crippen LogP contribution >= 0.6 is 11.3 Å². The molecule has 0 spiro atoms. The van der Waals surface area contributed by atoms with E-state index in [1.54, 1.807) is 17.4 Å². The van der Waals surface area contributed by atoms with E-state index < -0.39 is 5.97 Å². The van der Waals surface area contributed by atoms with Gasteiger partial charge in [-0.2, -0.15) is 0 Å². The van der Waals surface area contributed by atoms with Gasteiger partial charge in [0.05, 0.1) is 22.4 Å². The van der Waals surface area contributed by atoms with Gasteiger partial charge in [-0.05, 0) is 131 Å². The number of allylic oxidation sites excluding steroid dienone is 1. The van der Waals surface area contributed by atoms with Gasteiger partial charge in [0.25, 0.3) is 0 Å². The molecule has 4 aromatic rings. The van der Waals surface area contributed by atoms with Crippen LogP contribution in [0.2, 0.25) is 0 Å². The van der Waals surface area contributed by atoms with Crippen LogP contribution in [-0.2, 0) is 11.2 Å². The first-order chi connectivity index (χ1) is 29.7. The summed E-state index contributed by atoms with van der Waals surface area (Å²) in [5.41, 5.74) is 12.0. The largest absolute Gasteiger partial charge is 0.476 e. The molecule has 9 rings (SSSR count). The van der Waals surface area contributed by atoms with Crippen molar-refractivity contribution in [1.29, 1.82) is 0 Å². The van der Waals surface area contributed by atoms with Crippen molar-refractivity contribution in [3.8, 4) is 0 Å². The fourth-order valence-corrected chi connectivity index (χ4v) is 13.2. The number of rotatable bonds is 18. The minimum atomic E-state index is -1.15. The number of nitrogens with one attached hydrogen (secondary N) is 1. The van der Waals surface area contributed by atoms with E-state index in [-0.39, 0.29) is 40.8 Å². The minimum absolute atomic E-state index is 0.0475. The molecule has 4 aliphatic carbocycles. The number of fused-ring (bicyclic) bond motifs is 2. The number of nitrogens with two attached hydrogens (primary N) is 1. The van der Waals surface area contributed by atoms with E-state index in [2.05, 4.69) is 59.4 Å². The van der Waals surface area contributed by atoms with E-state index in [9.17, 15) is 20.1 Å². The van der Waals surface area contributed by atoms with Gasteiger partial charge in [-0.1, -0.05) is 31.3 Å². The van der Waals surface area contributed by atoms with Crippen molar-refractivity contribution in [2.45, 2.75) is 104 Å². The average molecular weight is 866 g/mol. The summed E-state index contributed by atoms with van der Waals surface area (Å²) in [5.74, 6) is 0.657. The van der Waals surface area contributed by atoms with Gasteiger partial charge in [-0.3, -0.25) is 4.99 Å². The Morgan fingerprint density at radius 2 is 1.74 bits per heavy atom. The maximum absolute atomic E-state index is 13.0. The molecule has 332 valence electrons. The quantitative estimate of drug-likeness (QED) is 0.0615. The van der Waals surface area contributed by atoms with Crippen LogP contribution in [0.25, 0.3) is 15.8 Å². The molecule has 4 fully saturated rings. The first kappa shape index (κ1) is 44.1. The smallest absolute Gasteiger partial charge is 0.355 e. The molecule has 62 heavy (non-hydrogen) atoms. The van der Waals surface area contributed by atoms with Crippen LogP contribution in [-0.4, -0.2) is 110 Å². The van der Waals surface area contributed by atoms with Crippen LogP contribution in [0.5, 0.6) is 0 Å². The number of benzene rings is 1. The van der Waals surface area contributed by atoms with Gasteiger partial charge in [-0.15, -0.1) is 10.2 Å². The normalized spacial score (nSPS) is 25.8. The number of ether oxygens (including phenoxy) is 1. The molecule has 1 aromatic carbocycles. The topological polar surface area (TPSA) is 195 Å². The third-order valence-corrected chi connectivity index (χ3v) is 14.7. The van der Waals surface area contributed by atoms with Gasteiger partial charge in [0, 0.05) is 80.1 Å². The lowest BCUT2D eigenvalue weighted by Crippen LogP contribution is -2.64. The fraction of sp³-hybridized carbons (Fsp3) is 0.574. The summed E-state index contributed by atoms with van der Waals surface area (Å²) < 4.78 is 8.07. The van der Waals surface area contributed by atoms with E-state index in [1.807, 2.05) is 24.8 Å². The second-order valence-electron chi connectivity index (χ2n) is 19.4. The number of aliphatic hydroxyl groups is 2. The summed E-state index contributed by atoms with van der Waals surface area (Å²) in [6.07, 6.45) is 10.9. The molecule has 6 N–H and O–H groups in total. The van der Waals surface area contributed by atoms with Crippen LogP contribution in [0.4, 0.5) is 22.6 Å². The molecule has 15 heteroatoms. The van der Waals surface area contributed by atoms with Crippen molar-refractivity contribution in [2.75, 3.05) is 62.8 Å². The van der Waals surface area contributed by atoms with Crippen LogP contribution in [0.15, 0.2) is 41.5 Å². The molecular weight excluding hydrogens is 803 g/mol. The lowest BCUT2D eigenvalue weighted by molar-refractivity contribution is -0.242. The molecule has 1 aliphatic heterocycles. The zero-order valence-electron chi connectivity index (χ0n) is 37.0. The number of carboxylic acids is 1. The number of aliphatic imine (C=N–C) groups is 1. The number of anilines is 4. The Morgan fingerprint density at radius 3 is 2.44 bits per heavy atom. The van der Waals surface area contributed by atoms with Gasteiger partial charge in [-0.25, -0.2) is 14.8 Å². The zero-order valence-corrected chi connectivity index (χ0v) is 37.8. The standard InChI is InChI=1S/C47H63N9O5S/c1-30-10-12-37-36(21-30)50-43(62-37)52-40-31(2)33-9-6-16-56(41(33)54-53-40)38-13-11-34(39(51-38)42(59)60)35(22-48)32(3)49-29-46-24-44(4)23-45(5,25-46)27-47(26-44,28-46)61-20-17-55(14-7-18-57)15-8-19-58/h10-13,21-22,57-58H,6-9,14-20,23-29,48H2,1-5H3,(H,59,60)(H,50,52,53)/b35-22+,49-32?. The highest BCUT2D eigenvalue weighted by Crippen LogP contribution is 2.71. The third-order valence-electron chi connectivity index (χ3n) is 13.7. The predicted octanol–water partition coefficient (Wildman–Crippen LogP) is 7.59. The highest BCUT2D eigenvalue weighted by Gasteiger charge is 2.66. The highest BCUT2D eigenvalue weighted by atomic mass is 32.1. The summed E-state index contributed by atoms with van der Waals surface area (Å²) in [4.78, 5) is 32.0. The number of aliphatic hydroxyl groups excluding tert-OH is 2. The van der Waals surface area contributed by atoms with Gasteiger partial charge in [0.1, 0.15) is 5.82 Å². The number of aryl methyl sites for hydroxylation is 1. The molecule has 4 bridgehead atoms. The van der Waals surface area contributed by atoms with Crippen molar-refractivity contribution in [3.63, 3.8) is 0 Å². The maximum Gasteiger partial charge on any atom is 0.355 e. The predicted molar refractivity (Wildman–Crippen MR) is 246 cm³/mol. The van der Waals surface area contributed by atoms with Gasteiger partial charge in [0.15, 0.2) is 22.5 Å². The Labute approximate surface area is 368 Å². The van der Waals surface area contributed by atoms with Crippen molar-refractivity contribution in [1.82, 2.24) is 25.1 Å². The van der Waals surface area contributed by atoms with Crippen molar-refractivity contribution in [2.24, 2.45) is 27.0 Å². The van der Waals surface area contributed by atoms with Gasteiger partial charge >= 0.3 is 5.97 Å². The average Bonchev–Trinajstić information content (AvgIpc) is 3.62. The lowest BCUT2D eigenvalue weighted by atomic mass is 9.39. The molecule has 5 aliphatic rings. The SMILES string of the molecule is CC(=NCC12CC3(C)CC(C)(C1)CC(OCCN(CCCO)CCCO)(C3)C2)/C(=C\N)c1ccc(N2CCCc3c2nnc(Nc2nc4cc(C)ccc4s2)c3C)nc1C(=O)O. The number of carbonyl (C=O) groups is 1. The van der Waals surface area contributed by atoms with Crippen LogP contribution in [0, 0.1) is 30.1 Å². The van der Waals surface area contributed by atoms with Crippen LogP contribution in [0.1, 0.15) is 111 Å². The Kier molecular flexibility index (Phi) is 12.5. The summed E-state index contributed by atoms with van der Waals surface area (Å²) >= 11 is 1.57. The van der Waals surface area contributed by atoms with Gasteiger partial charge < -0.3 is 40.9 Å². The van der Waals surface area contributed by atoms with E-state index >= 15 is 0 Å². The molecule has 0 radical (unpaired) electrons. The zero-order chi connectivity index (χ0) is 43.9. The molecule has 0 amide bonds. The first-order valence-corrected chi connectivity index (χ1v) is 23.0. The van der Waals surface area contributed by atoms with E-state index in [0.29, 0.717) is 66.8 Å². The number of aromatic carboxylic acids is 1. The number of hydrogen-bond acceptors (Lipinski definition) is 14. The highest BCUT2D eigenvalue weighted by molar-refractivity contribution is 7.22. The number of carboxylic acid groups (broad SMARTS) is 1.